The molecular weight excluding hydrogens is 374 g/mol. The van der Waals surface area contributed by atoms with Crippen molar-refractivity contribution < 1.29 is 28.0 Å². The summed E-state index contributed by atoms with van der Waals surface area (Å²) in [6.45, 7) is -2.93. The van der Waals surface area contributed by atoms with Crippen molar-refractivity contribution in [1.82, 2.24) is 5.32 Å². The fourth-order valence-electron chi connectivity index (χ4n) is 2.09. The van der Waals surface area contributed by atoms with Crippen LogP contribution in [-0.4, -0.2) is 24.6 Å². The topological polar surface area (TPSA) is 90.7 Å². The molecule has 2 aromatic carbocycles. The summed E-state index contributed by atoms with van der Waals surface area (Å²) >= 11 is 5.89. The highest BCUT2D eigenvalue weighted by Gasteiger charge is 2.15. The smallest absolute Gasteiger partial charge is 0.387 e. The second kappa shape index (κ2) is 8.43. The molecule has 10 heteroatoms. The molecule has 2 aromatic rings. The third-order valence-corrected chi connectivity index (χ3v) is 3.62. The SMILES string of the molecule is COc1cc(CNC(=O)c2ccc([N+](=O)[O-])cc2Cl)ccc1OC(F)F. The normalized spacial score (nSPS) is 10.5. The van der Waals surface area contributed by atoms with E-state index in [4.69, 9.17) is 16.3 Å². The minimum atomic E-state index is -2.99. The Hall–Kier alpha value is -2.94. The molecule has 0 fully saturated rings. The van der Waals surface area contributed by atoms with Crippen molar-refractivity contribution in [1.29, 1.82) is 0 Å². The number of non-ortho nitro benzene ring substituents is 1. The summed E-state index contributed by atoms with van der Waals surface area (Å²) in [4.78, 5) is 22.2. The quantitative estimate of drug-likeness (QED) is 0.577. The molecule has 1 amide bonds. The average molecular weight is 387 g/mol. The number of ether oxygens (including phenoxy) is 2. The van der Waals surface area contributed by atoms with E-state index in [9.17, 15) is 23.7 Å². The fourth-order valence-corrected chi connectivity index (χ4v) is 2.36. The summed E-state index contributed by atoms with van der Waals surface area (Å²) in [5.41, 5.74) is 0.405. The molecule has 0 aliphatic heterocycles. The Kier molecular flexibility index (Phi) is 6.29. The number of carbonyl (C=O) groups excluding carboxylic acids is 1. The summed E-state index contributed by atoms with van der Waals surface area (Å²) in [5, 5.41) is 13.2. The van der Waals surface area contributed by atoms with Gasteiger partial charge in [-0.15, -0.1) is 0 Å². The number of hydrogen-bond acceptors (Lipinski definition) is 5. The Labute approximate surface area is 151 Å². The van der Waals surface area contributed by atoms with Crippen LogP contribution in [0.3, 0.4) is 0 Å². The standard InChI is InChI=1S/C16H13ClF2N2O5/c1-25-14-6-9(2-5-13(14)26-16(18)19)8-20-15(22)11-4-3-10(21(23)24)7-12(11)17/h2-7,16H,8H2,1H3,(H,20,22). The molecule has 0 heterocycles. The predicted molar refractivity (Wildman–Crippen MR) is 88.9 cm³/mol. The van der Waals surface area contributed by atoms with Crippen molar-refractivity contribution in [3.63, 3.8) is 0 Å². The average Bonchev–Trinajstić information content (AvgIpc) is 2.59. The van der Waals surface area contributed by atoms with Crippen LogP contribution in [-0.2, 0) is 6.54 Å². The maximum atomic E-state index is 12.3. The van der Waals surface area contributed by atoms with Gasteiger partial charge in [0.2, 0.25) is 0 Å². The minimum absolute atomic E-state index is 0.0530. The number of alkyl halides is 2. The largest absolute Gasteiger partial charge is 0.493 e. The van der Waals surface area contributed by atoms with Gasteiger partial charge in [0.05, 0.1) is 22.6 Å². The number of methoxy groups -OCH3 is 1. The van der Waals surface area contributed by atoms with E-state index < -0.39 is 17.4 Å². The number of amides is 1. The number of rotatable bonds is 7. The molecule has 0 atom stereocenters. The number of nitro groups is 1. The zero-order valence-corrected chi connectivity index (χ0v) is 14.1. The number of benzene rings is 2. The van der Waals surface area contributed by atoms with Gasteiger partial charge in [0, 0.05) is 18.7 Å². The van der Waals surface area contributed by atoms with Gasteiger partial charge >= 0.3 is 6.61 Å². The van der Waals surface area contributed by atoms with Crippen LogP contribution in [0.4, 0.5) is 14.5 Å². The van der Waals surface area contributed by atoms with Gasteiger partial charge in [-0.3, -0.25) is 14.9 Å². The van der Waals surface area contributed by atoms with Gasteiger partial charge in [-0.1, -0.05) is 17.7 Å². The molecule has 0 unspecified atom stereocenters. The summed E-state index contributed by atoms with van der Waals surface area (Å²) in [6, 6.07) is 7.71. The van der Waals surface area contributed by atoms with E-state index in [1.165, 1.54) is 37.4 Å². The molecule has 0 aromatic heterocycles. The van der Waals surface area contributed by atoms with E-state index in [0.29, 0.717) is 5.56 Å². The van der Waals surface area contributed by atoms with E-state index in [1.54, 1.807) is 0 Å². The molecule has 0 aliphatic rings. The van der Waals surface area contributed by atoms with Gasteiger partial charge in [0.15, 0.2) is 11.5 Å². The number of carbonyl (C=O) groups is 1. The van der Waals surface area contributed by atoms with Crippen LogP contribution in [0.15, 0.2) is 36.4 Å². The molecule has 7 nitrogen and oxygen atoms in total. The van der Waals surface area contributed by atoms with Crippen LogP contribution in [0, 0.1) is 10.1 Å². The molecule has 26 heavy (non-hydrogen) atoms. The van der Waals surface area contributed by atoms with E-state index in [0.717, 1.165) is 6.07 Å². The van der Waals surface area contributed by atoms with Crippen molar-refractivity contribution in [2.45, 2.75) is 13.2 Å². The lowest BCUT2D eigenvalue weighted by Gasteiger charge is -2.12. The van der Waals surface area contributed by atoms with Crippen molar-refractivity contribution in [2.24, 2.45) is 0 Å². The number of hydrogen-bond donors (Lipinski definition) is 1. The lowest BCUT2D eigenvalue weighted by molar-refractivity contribution is -0.384. The third-order valence-electron chi connectivity index (χ3n) is 3.31. The van der Waals surface area contributed by atoms with Crippen LogP contribution in [0.5, 0.6) is 11.5 Å². The Morgan fingerprint density at radius 1 is 1.27 bits per heavy atom. The molecule has 2 rings (SSSR count). The molecule has 1 N–H and O–H groups in total. The van der Waals surface area contributed by atoms with E-state index in [-0.39, 0.29) is 34.3 Å². The lowest BCUT2D eigenvalue weighted by atomic mass is 10.1. The van der Waals surface area contributed by atoms with Crippen molar-refractivity contribution in [2.75, 3.05) is 7.11 Å². The number of nitrogens with zero attached hydrogens (tertiary/aromatic N) is 1. The highest BCUT2D eigenvalue weighted by atomic mass is 35.5. The highest BCUT2D eigenvalue weighted by molar-refractivity contribution is 6.34. The van der Waals surface area contributed by atoms with E-state index in [1.807, 2.05) is 0 Å². The lowest BCUT2D eigenvalue weighted by Crippen LogP contribution is -2.23. The molecule has 138 valence electrons. The first-order valence-corrected chi connectivity index (χ1v) is 7.53. The fraction of sp³-hybridized carbons (Fsp3) is 0.188. The zero-order chi connectivity index (χ0) is 19.3. The van der Waals surface area contributed by atoms with Crippen LogP contribution in [0.25, 0.3) is 0 Å². The maximum absolute atomic E-state index is 12.3. The Balaban J connectivity index is 2.08. The third kappa shape index (κ3) is 4.79. The van der Waals surface area contributed by atoms with Crippen LogP contribution >= 0.6 is 11.6 Å². The molecule has 0 saturated heterocycles. The molecule has 0 aliphatic carbocycles. The van der Waals surface area contributed by atoms with Gasteiger partial charge in [-0.2, -0.15) is 8.78 Å². The van der Waals surface area contributed by atoms with Gasteiger partial charge in [0.25, 0.3) is 11.6 Å². The zero-order valence-electron chi connectivity index (χ0n) is 13.4. The van der Waals surface area contributed by atoms with Gasteiger partial charge in [-0.05, 0) is 23.8 Å². The van der Waals surface area contributed by atoms with E-state index >= 15 is 0 Å². The van der Waals surface area contributed by atoms with E-state index in [2.05, 4.69) is 10.1 Å². The number of halogens is 3. The minimum Gasteiger partial charge on any atom is -0.493 e. The van der Waals surface area contributed by atoms with Gasteiger partial charge in [-0.25, -0.2) is 0 Å². The Morgan fingerprint density at radius 2 is 2.00 bits per heavy atom. The summed E-state index contributed by atoms with van der Waals surface area (Å²) < 4.78 is 33.9. The maximum Gasteiger partial charge on any atom is 0.387 e. The first-order valence-electron chi connectivity index (χ1n) is 7.15. The van der Waals surface area contributed by atoms with Crippen LogP contribution in [0.1, 0.15) is 15.9 Å². The first-order chi connectivity index (χ1) is 12.3. The molecular formula is C16H13ClF2N2O5. The molecule has 0 spiro atoms. The van der Waals surface area contributed by atoms with Crippen molar-refractivity contribution in [3.8, 4) is 11.5 Å². The number of nitrogens with one attached hydrogen (secondary N) is 1. The monoisotopic (exact) mass is 386 g/mol. The van der Waals surface area contributed by atoms with Crippen LogP contribution < -0.4 is 14.8 Å². The summed E-state index contributed by atoms with van der Waals surface area (Å²) in [6.07, 6.45) is 0. The van der Waals surface area contributed by atoms with Crippen molar-refractivity contribution in [3.05, 3.63) is 62.7 Å². The number of nitro benzene ring substituents is 1. The summed E-state index contributed by atoms with van der Waals surface area (Å²) in [7, 11) is 1.30. The molecule has 0 radical (unpaired) electrons. The molecule has 0 saturated carbocycles. The Bertz CT molecular complexity index is 832. The Morgan fingerprint density at radius 3 is 2.58 bits per heavy atom. The second-order valence-corrected chi connectivity index (χ2v) is 5.37. The van der Waals surface area contributed by atoms with Crippen LogP contribution in [0.2, 0.25) is 5.02 Å². The second-order valence-electron chi connectivity index (χ2n) is 4.97. The molecule has 0 bridgehead atoms. The van der Waals surface area contributed by atoms with Crippen molar-refractivity contribution >= 4 is 23.2 Å². The van der Waals surface area contributed by atoms with Gasteiger partial charge in [0.1, 0.15) is 0 Å². The first kappa shape index (κ1) is 19.4. The predicted octanol–water partition coefficient (Wildman–Crippen LogP) is 3.79. The highest BCUT2D eigenvalue weighted by Crippen LogP contribution is 2.29. The summed E-state index contributed by atoms with van der Waals surface area (Å²) in [5.74, 6) is -0.585. The van der Waals surface area contributed by atoms with Gasteiger partial charge < -0.3 is 14.8 Å².